The summed E-state index contributed by atoms with van der Waals surface area (Å²) in [6, 6.07) is 6.06. The van der Waals surface area contributed by atoms with Crippen molar-refractivity contribution < 1.29 is 14.5 Å². The van der Waals surface area contributed by atoms with Crippen molar-refractivity contribution in [3.63, 3.8) is 0 Å². The highest BCUT2D eigenvalue weighted by molar-refractivity contribution is 5.85. The summed E-state index contributed by atoms with van der Waals surface area (Å²) in [4.78, 5) is 24.0. The van der Waals surface area contributed by atoms with Gasteiger partial charge in [-0.25, -0.2) is 0 Å². The fourth-order valence-electron chi connectivity index (χ4n) is 2.06. The number of amides is 1. The largest absolute Gasteiger partial charge is 0.477 e. The Morgan fingerprint density at radius 1 is 1.33 bits per heavy atom. The lowest BCUT2D eigenvalue weighted by Gasteiger charge is -2.19. The van der Waals surface area contributed by atoms with Gasteiger partial charge in [-0.05, 0) is 19.0 Å². The number of hydrogen-bond donors (Lipinski definition) is 1. The maximum Gasteiger partial charge on any atom is 0.310 e. The highest BCUT2D eigenvalue weighted by Gasteiger charge is 2.18. The summed E-state index contributed by atoms with van der Waals surface area (Å²) in [5.74, 6) is -0.0225. The number of carbonyl (C=O) groups is 1. The van der Waals surface area contributed by atoms with Crippen LogP contribution in [-0.4, -0.2) is 48.5 Å². The minimum Gasteiger partial charge on any atom is -0.477 e. The van der Waals surface area contributed by atoms with Gasteiger partial charge in [0.2, 0.25) is 0 Å². The Bertz CT molecular complexity index is 490. The van der Waals surface area contributed by atoms with E-state index in [1.807, 2.05) is 0 Å². The van der Waals surface area contributed by atoms with Crippen LogP contribution in [0.1, 0.15) is 6.42 Å². The van der Waals surface area contributed by atoms with Gasteiger partial charge >= 0.3 is 5.69 Å². The van der Waals surface area contributed by atoms with Crippen LogP contribution < -0.4 is 10.1 Å². The summed E-state index contributed by atoms with van der Waals surface area (Å²) in [7, 11) is 0. The van der Waals surface area contributed by atoms with Crippen LogP contribution in [0.25, 0.3) is 0 Å². The number of benzene rings is 1. The molecule has 0 aliphatic carbocycles. The molecule has 1 amide bonds. The molecule has 1 N–H and O–H groups in total. The number of nitrogens with zero attached hydrogens (tertiary/aromatic N) is 2. The van der Waals surface area contributed by atoms with E-state index in [4.69, 9.17) is 4.74 Å². The molecule has 0 unspecified atom stereocenters. The number of carbonyl (C=O) groups excluding carboxylic acids is 1. The van der Waals surface area contributed by atoms with Gasteiger partial charge in [0.05, 0.1) is 4.92 Å². The van der Waals surface area contributed by atoms with Gasteiger partial charge in [-0.15, -0.1) is 12.4 Å². The zero-order chi connectivity index (χ0) is 14.4. The molecule has 116 valence electrons. The topological polar surface area (TPSA) is 84.7 Å². The number of para-hydroxylation sites is 2. The number of halogens is 1. The predicted molar refractivity (Wildman–Crippen MR) is 79.9 cm³/mol. The summed E-state index contributed by atoms with van der Waals surface area (Å²) < 4.78 is 5.30. The second-order valence-corrected chi connectivity index (χ2v) is 4.50. The van der Waals surface area contributed by atoms with Crippen LogP contribution in [0.4, 0.5) is 5.69 Å². The number of hydrogen-bond acceptors (Lipinski definition) is 5. The zero-order valence-electron chi connectivity index (χ0n) is 11.5. The van der Waals surface area contributed by atoms with E-state index in [0.717, 1.165) is 19.5 Å². The van der Waals surface area contributed by atoms with Crippen molar-refractivity contribution in [1.82, 2.24) is 10.2 Å². The first-order chi connectivity index (χ1) is 9.68. The van der Waals surface area contributed by atoms with Gasteiger partial charge in [-0.2, -0.15) is 0 Å². The maximum absolute atomic E-state index is 12.0. The summed E-state index contributed by atoms with van der Waals surface area (Å²) in [6.45, 7) is 2.81. The molecule has 1 aliphatic rings. The first-order valence-corrected chi connectivity index (χ1v) is 6.53. The Labute approximate surface area is 128 Å². The summed E-state index contributed by atoms with van der Waals surface area (Å²) in [6.07, 6.45) is 0.900. The molecule has 0 saturated carbocycles. The van der Waals surface area contributed by atoms with Crippen LogP contribution in [0.2, 0.25) is 0 Å². The number of rotatable bonds is 4. The van der Waals surface area contributed by atoms with Crippen LogP contribution >= 0.6 is 12.4 Å². The Balaban J connectivity index is 0.00000220. The van der Waals surface area contributed by atoms with Crippen molar-refractivity contribution in [2.75, 3.05) is 32.8 Å². The first-order valence-electron chi connectivity index (χ1n) is 6.53. The van der Waals surface area contributed by atoms with E-state index in [9.17, 15) is 14.9 Å². The minimum atomic E-state index is -0.518. The van der Waals surface area contributed by atoms with Gasteiger partial charge in [0.15, 0.2) is 12.4 Å². The molecule has 0 radical (unpaired) electrons. The molecule has 0 aromatic heterocycles. The molecule has 8 heteroatoms. The van der Waals surface area contributed by atoms with E-state index in [1.165, 1.54) is 12.1 Å². The Morgan fingerprint density at radius 2 is 2.10 bits per heavy atom. The van der Waals surface area contributed by atoms with E-state index in [1.54, 1.807) is 17.0 Å². The third kappa shape index (κ3) is 4.87. The van der Waals surface area contributed by atoms with E-state index < -0.39 is 4.92 Å². The third-order valence-electron chi connectivity index (χ3n) is 3.11. The number of ether oxygens (including phenoxy) is 1. The Hall–Kier alpha value is -1.86. The van der Waals surface area contributed by atoms with Crippen LogP contribution in [-0.2, 0) is 4.79 Å². The second kappa shape index (κ2) is 8.43. The van der Waals surface area contributed by atoms with Gasteiger partial charge in [-0.1, -0.05) is 12.1 Å². The molecule has 0 spiro atoms. The zero-order valence-corrected chi connectivity index (χ0v) is 12.3. The van der Waals surface area contributed by atoms with E-state index >= 15 is 0 Å². The molecule has 1 heterocycles. The molecular weight excluding hydrogens is 298 g/mol. The van der Waals surface area contributed by atoms with Crippen LogP contribution in [0.3, 0.4) is 0 Å². The lowest BCUT2D eigenvalue weighted by molar-refractivity contribution is -0.385. The van der Waals surface area contributed by atoms with Crippen molar-refractivity contribution in [2.24, 2.45) is 0 Å². The monoisotopic (exact) mass is 315 g/mol. The van der Waals surface area contributed by atoms with Gasteiger partial charge < -0.3 is 15.0 Å². The first kappa shape index (κ1) is 17.2. The maximum atomic E-state index is 12.0. The van der Waals surface area contributed by atoms with Crippen molar-refractivity contribution in [3.8, 4) is 5.75 Å². The van der Waals surface area contributed by atoms with E-state index in [0.29, 0.717) is 13.1 Å². The average molecular weight is 316 g/mol. The number of nitro groups is 1. The molecule has 1 aromatic carbocycles. The molecule has 1 saturated heterocycles. The molecular formula is C13H18ClN3O4. The smallest absolute Gasteiger partial charge is 0.310 e. The molecule has 1 aliphatic heterocycles. The van der Waals surface area contributed by atoms with Crippen LogP contribution in [0.5, 0.6) is 5.75 Å². The Morgan fingerprint density at radius 3 is 2.86 bits per heavy atom. The second-order valence-electron chi connectivity index (χ2n) is 4.50. The molecule has 0 atom stereocenters. The predicted octanol–water partition coefficient (Wildman–Crippen LogP) is 1.22. The van der Waals surface area contributed by atoms with E-state index in [-0.39, 0.29) is 36.4 Å². The Kier molecular flexibility index (Phi) is 6.90. The minimum absolute atomic E-state index is 0. The van der Waals surface area contributed by atoms with Crippen molar-refractivity contribution >= 4 is 24.0 Å². The summed E-state index contributed by atoms with van der Waals surface area (Å²) >= 11 is 0. The lowest BCUT2D eigenvalue weighted by Crippen LogP contribution is -2.37. The van der Waals surface area contributed by atoms with Gasteiger partial charge in [0.25, 0.3) is 5.91 Å². The number of nitrogens with one attached hydrogen (secondary N) is 1. The highest BCUT2D eigenvalue weighted by Crippen LogP contribution is 2.25. The standard InChI is InChI=1S/C13H17N3O4.ClH/c17-13(15-8-3-6-14-7-9-15)10-20-12-5-2-1-4-11(12)16(18)19;/h1-2,4-5,14H,3,6-10H2;1H. The van der Waals surface area contributed by atoms with Gasteiger partial charge in [0.1, 0.15) is 0 Å². The number of nitro benzene ring substituents is 1. The van der Waals surface area contributed by atoms with Gasteiger partial charge in [-0.3, -0.25) is 14.9 Å². The SMILES string of the molecule is Cl.O=C(COc1ccccc1[N+](=O)[O-])N1CCCNCC1. The molecule has 0 bridgehead atoms. The fourth-order valence-corrected chi connectivity index (χ4v) is 2.06. The molecule has 21 heavy (non-hydrogen) atoms. The van der Waals surface area contributed by atoms with E-state index in [2.05, 4.69) is 5.32 Å². The normalized spacial score (nSPS) is 14.8. The molecule has 7 nitrogen and oxygen atoms in total. The fraction of sp³-hybridized carbons (Fsp3) is 0.462. The van der Waals surface area contributed by atoms with Crippen LogP contribution in [0, 0.1) is 10.1 Å². The quantitative estimate of drug-likeness (QED) is 0.667. The highest BCUT2D eigenvalue weighted by atomic mass is 35.5. The average Bonchev–Trinajstić information content (AvgIpc) is 2.74. The molecule has 1 aromatic rings. The third-order valence-corrected chi connectivity index (χ3v) is 3.11. The summed E-state index contributed by atoms with van der Waals surface area (Å²) in [5.41, 5.74) is -0.127. The van der Waals surface area contributed by atoms with Crippen LogP contribution in [0.15, 0.2) is 24.3 Å². The van der Waals surface area contributed by atoms with Gasteiger partial charge in [0, 0.05) is 25.7 Å². The lowest BCUT2D eigenvalue weighted by atomic mass is 10.3. The molecule has 2 rings (SSSR count). The van der Waals surface area contributed by atoms with Crippen molar-refractivity contribution in [2.45, 2.75) is 6.42 Å². The van der Waals surface area contributed by atoms with Crippen molar-refractivity contribution in [3.05, 3.63) is 34.4 Å². The molecule has 1 fully saturated rings. The summed E-state index contributed by atoms with van der Waals surface area (Å²) in [5, 5.41) is 14.0. The van der Waals surface area contributed by atoms with Crippen molar-refractivity contribution in [1.29, 1.82) is 0 Å².